The number of sulfonamides is 1. The average molecular weight is 523 g/mol. The molecule has 0 heterocycles. The molecule has 0 aliphatic rings. The monoisotopic (exact) mass is 522 g/mol. The summed E-state index contributed by atoms with van der Waals surface area (Å²) in [6.45, 7) is 1.36. The highest BCUT2D eigenvalue weighted by atomic mass is 35.5. The van der Waals surface area contributed by atoms with Crippen LogP contribution in [0.1, 0.15) is 5.56 Å². The number of para-hydroxylation sites is 1. The number of nitrogens with one attached hydrogen (secondary N) is 1. The highest BCUT2D eigenvalue weighted by molar-refractivity contribution is 7.99. The number of rotatable bonds is 8. The van der Waals surface area contributed by atoms with Crippen molar-refractivity contribution in [3.63, 3.8) is 0 Å². The van der Waals surface area contributed by atoms with E-state index in [0.717, 1.165) is 14.1 Å². The van der Waals surface area contributed by atoms with E-state index in [4.69, 9.17) is 11.6 Å². The summed E-state index contributed by atoms with van der Waals surface area (Å²) < 4.78 is 28.3. The first-order valence-corrected chi connectivity index (χ1v) is 13.4. The summed E-state index contributed by atoms with van der Waals surface area (Å²) in [5, 5.41) is 3.38. The average Bonchev–Trinajstić information content (AvgIpc) is 2.85. The predicted molar refractivity (Wildman–Crippen MR) is 143 cm³/mol. The lowest BCUT2D eigenvalue weighted by atomic mass is 10.2. The number of hydrogen-bond acceptors (Lipinski definition) is 4. The van der Waals surface area contributed by atoms with E-state index >= 15 is 0 Å². The fourth-order valence-corrected chi connectivity index (χ4v) is 6.17. The Kier molecular flexibility index (Phi) is 7.80. The fraction of sp³-hybridized carbons (Fsp3) is 0.0741. The second-order valence-electron chi connectivity index (χ2n) is 7.71. The maximum atomic E-state index is 13.6. The molecule has 0 saturated heterocycles. The number of amides is 1. The van der Waals surface area contributed by atoms with Crippen molar-refractivity contribution in [3.8, 4) is 0 Å². The van der Waals surface area contributed by atoms with Crippen LogP contribution in [0.2, 0.25) is 5.02 Å². The summed E-state index contributed by atoms with van der Waals surface area (Å²) in [6.07, 6.45) is 0. The van der Waals surface area contributed by atoms with E-state index in [-0.39, 0.29) is 4.90 Å². The first-order valence-electron chi connectivity index (χ1n) is 10.8. The first kappa shape index (κ1) is 24.9. The van der Waals surface area contributed by atoms with Crippen molar-refractivity contribution >= 4 is 50.7 Å². The molecule has 0 fully saturated rings. The molecule has 4 rings (SSSR count). The van der Waals surface area contributed by atoms with Crippen molar-refractivity contribution in [1.82, 2.24) is 0 Å². The molecule has 4 aromatic carbocycles. The Morgan fingerprint density at radius 2 is 1.51 bits per heavy atom. The smallest absolute Gasteiger partial charge is 0.264 e. The van der Waals surface area contributed by atoms with Gasteiger partial charge in [0.15, 0.2) is 0 Å². The Hall–Kier alpha value is -3.26. The van der Waals surface area contributed by atoms with Gasteiger partial charge in [0.2, 0.25) is 5.91 Å². The molecular weight excluding hydrogens is 500 g/mol. The lowest BCUT2D eigenvalue weighted by molar-refractivity contribution is -0.114. The van der Waals surface area contributed by atoms with Crippen LogP contribution in [0.25, 0.3) is 0 Å². The molecule has 0 aromatic heterocycles. The molecule has 0 aliphatic carbocycles. The molecule has 8 heteroatoms. The second kappa shape index (κ2) is 11.0. The van der Waals surface area contributed by atoms with E-state index in [1.807, 2.05) is 48.5 Å². The third-order valence-corrected chi connectivity index (χ3v) is 8.27. The van der Waals surface area contributed by atoms with Crippen molar-refractivity contribution in [2.24, 2.45) is 0 Å². The predicted octanol–water partition coefficient (Wildman–Crippen LogP) is 6.63. The quantitative estimate of drug-likeness (QED) is 0.282. The van der Waals surface area contributed by atoms with Gasteiger partial charge in [0.05, 0.1) is 16.3 Å². The summed E-state index contributed by atoms with van der Waals surface area (Å²) in [7, 11) is -4.01. The van der Waals surface area contributed by atoms with Gasteiger partial charge in [-0.15, -0.1) is 0 Å². The topological polar surface area (TPSA) is 66.5 Å². The molecule has 1 N–H and O–H groups in total. The lowest BCUT2D eigenvalue weighted by Crippen LogP contribution is -2.38. The van der Waals surface area contributed by atoms with Crippen LogP contribution in [0.4, 0.5) is 11.4 Å². The molecule has 1 amide bonds. The van der Waals surface area contributed by atoms with Gasteiger partial charge in [-0.2, -0.15) is 0 Å². The van der Waals surface area contributed by atoms with Gasteiger partial charge in [-0.25, -0.2) is 8.42 Å². The number of carbonyl (C=O) groups excluding carboxylic acids is 1. The van der Waals surface area contributed by atoms with Gasteiger partial charge in [-0.1, -0.05) is 71.9 Å². The van der Waals surface area contributed by atoms with E-state index in [0.29, 0.717) is 22.0 Å². The number of nitrogens with zero attached hydrogens (tertiary/aromatic N) is 1. The highest BCUT2D eigenvalue weighted by Gasteiger charge is 2.28. The van der Waals surface area contributed by atoms with Crippen LogP contribution >= 0.6 is 23.4 Å². The second-order valence-corrected chi connectivity index (χ2v) is 11.1. The number of halogens is 1. The summed E-state index contributed by atoms with van der Waals surface area (Å²) in [5.41, 5.74) is 1.64. The van der Waals surface area contributed by atoms with Gasteiger partial charge in [0, 0.05) is 14.8 Å². The van der Waals surface area contributed by atoms with Gasteiger partial charge in [0.1, 0.15) is 6.54 Å². The number of carbonyl (C=O) groups is 1. The molecule has 0 unspecified atom stereocenters. The van der Waals surface area contributed by atoms with Gasteiger partial charge in [-0.05, 0) is 67.1 Å². The lowest BCUT2D eigenvalue weighted by Gasteiger charge is -2.26. The van der Waals surface area contributed by atoms with Gasteiger partial charge in [0.25, 0.3) is 10.0 Å². The molecule has 0 spiro atoms. The number of aryl methyl sites for hydroxylation is 1. The SMILES string of the molecule is Cc1cc(Cl)ccc1N(CC(=O)Nc1ccccc1Sc1ccccc1)S(=O)(=O)c1ccccc1. The van der Waals surface area contributed by atoms with Crippen LogP contribution < -0.4 is 9.62 Å². The summed E-state index contributed by atoms with van der Waals surface area (Å²) in [5.74, 6) is -0.458. The van der Waals surface area contributed by atoms with Crippen molar-refractivity contribution in [2.45, 2.75) is 21.6 Å². The third kappa shape index (κ3) is 6.06. The molecule has 178 valence electrons. The molecule has 0 aliphatic heterocycles. The largest absolute Gasteiger partial charge is 0.323 e. The number of hydrogen-bond donors (Lipinski definition) is 1. The standard InChI is InChI=1S/C27H23ClN2O3S2/c1-20-18-21(28)16-17-25(20)30(35(32,33)23-12-6-3-7-13-23)19-27(31)29-24-14-8-9-15-26(24)34-22-10-4-2-5-11-22/h2-18H,19H2,1H3,(H,29,31). The molecule has 0 bridgehead atoms. The van der Waals surface area contributed by atoms with Crippen LogP contribution in [0, 0.1) is 6.92 Å². The Morgan fingerprint density at radius 1 is 0.886 bits per heavy atom. The fourth-order valence-electron chi connectivity index (χ4n) is 3.51. The van der Waals surface area contributed by atoms with Crippen LogP contribution in [-0.2, 0) is 14.8 Å². The minimum absolute atomic E-state index is 0.0992. The summed E-state index contributed by atoms with van der Waals surface area (Å²) in [4.78, 5) is 15.2. The molecule has 5 nitrogen and oxygen atoms in total. The Morgan fingerprint density at radius 3 is 2.20 bits per heavy atom. The van der Waals surface area contributed by atoms with Crippen molar-refractivity contribution < 1.29 is 13.2 Å². The van der Waals surface area contributed by atoms with E-state index in [1.165, 1.54) is 23.9 Å². The summed E-state index contributed by atoms with van der Waals surface area (Å²) in [6, 6.07) is 30.2. The van der Waals surface area contributed by atoms with E-state index in [9.17, 15) is 13.2 Å². The van der Waals surface area contributed by atoms with Gasteiger partial charge in [-0.3, -0.25) is 9.10 Å². The maximum absolute atomic E-state index is 13.6. The highest BCUT2D eigenvalue weighted by Crippen LogP contribution is 2.34. The third-order valence-electron chi connectivity index (χ3n) is 5.18. The van der Waals surface area contributed by atoms with E-state index in [1.54, 1.807) is 49.4 Å². The van der Waals surface area contributed by atoms with Crippen molar-refractivity contribution in [1.29, 1.82) is 0 Å². The molecule has 0 radical (unpaired) electrons. The minimum atomic E-state index is -4.01. The first-order chi connectivity index (χ1) is 16.8. The van der Waals surface area contributed by atoms with Crippen LogP contribution in [0.15, 0.2) is 118 Å². The van der Waals surface area contributed by atoms with Gasteiger partial charge < -0.3 is 5.32 Å². The zero-order valence-corrected chi connectivity index (χ0v) is 21.3. The van der Waals surface area contributed by atoms with E-state index < -0.39 is 22.5 Å². The van der Waals surface area contributed by atoms with Crippen molar-refractivity contribution in [3.05, 3.63) is 114 Å². The Labute approximate surface area is 214 Å². The van der Waals surface area contributed by atoms with E-state index in [2.05, 4.69) is 5.32 Å². The molecule has 4 aromatic rings. The molecule has 0 saturated carbocycles. The number of anilines is 2. The minimum Gasteiger partial charge on any atom is -0.323 e. The Balaban J connectivity index is 1.64. The summed E-state index contributed by atoms with van der Waals surface area (Å²) >= 11 is 7.62. The maximum Gasteiger partial charge on any atom is 0.264 e. The molecule has 35 heavy (non-hydrogen) atoms. The van der Waals surface area contributed by atoms with Crippen LogP contribution in [0.5, 0.6) is 0 Å². The number of benzene rings is 4. The Bertz CT molecular complexity index is 1430. The van der Waals surface area contributed by atoms with Gasteiger partial charge >= 0.3 is 0 Å². The molecule has 0 atom stereocenters. The zero-order chi connectivity index (χ0) is 24.8. The van der Waals surface area contributed by atoms with Crippen LogP contribution in [-0.4, -0.2) is 20.9 Å². The zero-order valence-electron chi connectivity index (χ0n) is 18.9. The molecular formula is C27H23ClN2O3S2. The van der Waals surface area contributed by atoms with Crippen molar-refractivity contribution in [2.75, 3.05) is 16.2 Å². The van der Waals surface area contributed by atoms with Crippen LogP contribution in [0.3, 0.4) is 0 Å². The normalized spacial score (nSPS) is 11.1.